The molecule has 0 heterocycles. The smallest absolute Gasteiger partial charge is 0.123 e. The number of carbonyl (C=O) groups is 1. The lowest BCUT2D eigenvalue weighted by molar-refractivity contribution is -0.112. The molecule has 0 aliphatic heterocycles. The first-order chi connectivity index (χ1) is 5.38. The molecule has 0 spiro atoms. The Balaban J connectivity index is 2.32. The summed E-state index contributed by atoms with van der Waals surface area (Å²) in [7, 11) is 0. The molecular formula is C10H14O. The van der Waals surface area contributed by atoms with Crippen LogP contribution in [0.3, 0.4) is 0 Å². The van der Waals surface area contributed by atoms with Gasteiger partial charge in [-0.15, -0.1) is 12.3 Å². The molecule has 1 aliphatic carbocycles. The van der Waals surface area contributed by atoms with Crippen LogP contribution in [0, 0.1) is 24.2 Å². The van der Waals surface area contributed by atoms with E-state index in [4.69, 9.17) is 6.42 Å². The minimum absolute atomic E-state index is 0.309. The summed E-state index contributed by atoms with van der Waals surface area (Å²) in [5.41, 5.74) is 0. The van der Waals surface area contributed by atoms with Crippen molar-refractivity contribution in [2.24, 2.45) is 11.8 Å². The number of hydrogen-bond donors (Lipinski definition) is 0. The maximum absolute atomic E-state index is 10.5. The summed E-state index contributed by atoms with van der Waals surface area (Å²) >= 11 is 0. The van der Waals surface area contributed by atoms with Crippen LogP contribution in [-0.2, 0) is 4.79 Å². The van der Waals surface area contributed by atoms with Gasteiger partial charge in [0.25, 0.3) is 0 Å². The fourth-order valence-corrected chi connectivity index (χ4v) is 1.87. The lowest BCUT2D eigenvalue weighted by atomic mass is 9.93. The third-order valence-corrected chi connectivity index (χ3v) is 2.55. The Morgan fingerprint density at radius 2 is 2.36 bits per heavy atom. The van der Waals surface area contributed by atoms with Crippen molar-refractivity contribution in [3.63, 3.8) is 0 Å². The molecule has 1 aliphatic rings. The van der Waals surface area contributed by atoms with Crippen molar-refractivity contribution in [2.75, 3.05) is 0 Å². The van der Waals surface area contributed by atoms with Gasteiger partial charge in [0.2, 0.25) is 0 Å². The SMILES string of the molecule is C#CCCC1CCCC1C=O. The van der Waals surface area contributed by atoms with Crippen molar-refractivity contribution < 1.29 is 4.79 Å². The van der Waals surface area contributed by atoms with E-state index in [0.717, 1.165) is 25.5 Å². The molecule has 0 aromatic heterocycles. The maximum atomic E-state index is 10.5. The summed E-state index contributed by atoms with van der Waals surface area (Å²) in [6.45, 7) is 0. The topological polar surface area (TPSA) is 17.1 Å². The normalized spacial score (nSPS) is 29.7. The van der Waals surface area contributed by atoms with Crippen LogP contribution in [0.1, 0.15) is 32.1 Å². The number of rotatable bonds is 3. The zero-order valence-corrected chi connectivity index (χ0v) is 6.75. The summed E-state index contributed by atoms with van der Waals surface area (Å²) in [5, 5.41) is 0. The molecular weight excluding hydrogens is 136 g/mol. The van der Waals surface area contributed by atoms with Gasteiger partial charge in [-0.3, -0.25) is 0 Å². The van der Waals surface area contributed by atoms with Crippen LogP contribution in [0.5, 0.6) is 0 Å². The monoisotopic (exact) mass is 150 g/mol. The molecule has 0 aromatic rings. The van der Waals surface area contributed by atoms with Crippen LogP contribution in [-0.4, -0.2) is 6.29 Å². The van der Waals surface area contributed by atoms with Crippen molar-refractivity contribution in [1.29, 1.82) is 0 Å². The Labute approximate surface area is 68.2 Å². The standard InChI is InChI=1S/C10H14O/c1-2-3-5-9-6-4-7-10(9)8-11/h1,8-10H,3-7H2. The van der Waals surface area contributed by atoms with Crippen LogP contribution in [0.25, 0.3) is 0 Å². The van der Waals surface area contributed by atoms with Crippen LogP contribution >= 0.6 is 0 Å². The highest BCUT2D eigenvalue weighted by Crippen LogP contribution is 2.33. The fraction of sp³-hybridized carbons (Fsp3) is 0.700. The number of terminal acetylenes is 1. The Hall–Kier alpha value is -0.770. The average molecular weight is 150 g/mol. The van der Waals surface area contributed by atoms with Gasteiger partial charge in [-0.05, 0) is 25.2 Å². The molecule has 1 nitrogen and oxygen atoms in total. The van der Waals surface area contributed by atoms with Crippen molar-refractivity contribution in [2.45, 2.75) is 32.1 Å². The molecule has 2 atom stereocenters. The fourth-order valence-electron chi connectivity index (χ4n) is 1.87. The molecule has 1 saturated carbocycles. The van der Waals surface area contributed by atoms with Crippen LogP contribution in [0.4, 0.5) is 0 Å². The summed E-state index contributed by atoms with van der Waals surface area (Å²) in [6.07, 6.45) is 11.6. The number of carbonyl (C=O) groups excluding carboxylic acids is 1. The second-order valence-electron chi connectivity index (χ2n) is 3.23. The van der Waals surface area contributed by atoms with Crippen molar-refractivity contribution in [1.82, 2.24) is 0 Å². The first kappa shape index (κ1) is 8.33. The quantitative estimate of drug-likeness (QED) is 0.444. The molecule has 2 unspecified atom stereocenters. The summed E-state index contributed by atoms with van der Waals surface area (Å²) in [4.78, 5) is 10.5. The largest absolute Gasteiger partial charge is 0.303 e. The van der Waals surface area contributed by atoms with Crippen LogP contribution < -0.4 is 0 Å². The molecule has 1 rings (SSSR count). The summed E-state index contributed by atoms with van der Waals surface area (Å²) < 4.78 is 0. The zero-order valence-electron chi connectivity index (χ0n) is 6.75. The number of aldehydes is 1. The molecule has 0 radical (unpaired) electrons. The first-order valence-corrected chi connectivity index (χ1v) is 4.27. The van der Waals surface area contributed by atoms with Gasteiger partial charge in [0.1, 0.15) is 6.29 Å². The lowest BCUT2D eigenvalue weighted by Gasteiger charge is -2.11. The highest BCUT2D eigenvalue weighted by Gasteiger charge is 2.25. The first-order valence-electron chi connectivity index (χ1n) is 4.27. The molecule has 0 amide bonds. The Bertz CT molecular complexity index is 166. The molecule has 0 N–H and O–H groups in total. The Morgan fingerprint density at radius 3 is 3.00 bits per heavy atom. The maximum Gasteiger partial charge on any atom is 0.123 e. The summed E-state index contributed by atoms with van der Waals surface area (Å²) in [5.74, 6) is 3.52. The molecule has 0 bridgehead atoms. The second-order valence-corrected chi connectivity index (χ2v) is 3.23. The van der Waals surface area contributed by atoms with E-state index in [2.05, 4.69) is 5.92 Å². The number of hydrogen-bond acceptors (Lipinski definition) is 1. The third-order valence-electron chi connectivity index (χ3n) is 2.55. The highest BCUT2D eigenvalue weighted by molar-refractivity contribution is 5.54. The van der Waals surface area contributed by atoms with Gasteiger partial charge in [0.05, 0.1) is 0 Å². The van der Waals surface area contributed by atoms with E-state index in [0.29, 0.717) is 11.8 Å². The Morgan fingerprint density at radius 1 is 1.55 bits per heavy atom. The van der Waals surface area contributed by atoms with Gasteiger partial charge >= 0.3 is 0 Å². The Kier molecular flexibility index (Phi) is 3.16. The second kappa shape index (κ2) is 4.18. The van der Waals surface area contributed by atoms with E-state index in [-0.39, 0.29) is 0 Å². The van der Waals surface area contributed by atoms with Gasteiger partial charge in [0, 0.05) is 12.3 Å². The van der Waals surface area contributed by atoms with Gasteiger partial charge in [-0.25, -0.2) is 0 Å². The molecule has 1 heteroatoms. The van der Waals surface area contributed by atoms with Crippen LogP contribution in [0.15, 0.2) is 0 Å². The van der Waals surface area contributed by atoms with Gasteiger partial charge in [-0.2, -0.15) is 0 Å². The minimum Gasteiger partial charge on any atom is -0.303 e. The van der Waals surface area contributed by atoms with Crippen LogP contribution in [0.2, 0.25) is 0 Å². The van der Waals surface area contributed by atoms with Gasteiger partial charge < -0.3 is 4.79 Å². The van der Waals surface area contributed by atoms with Gasteiger partial charge in [0.15, 0.2) is 0 Å². The highest BCUT2D eigenvalue weighted by atomic mass is 16.1. The van der Waals surface area contributed by atoms with E-state index < -0.39 is 0 Å². The van der Waals surface area contributed by atoms with E-state index in [1.54, 1.807) is 0 Å². The van der Waals surface area contributed by atoms with E-state index in [1.165, 1.54) is 12.8 Å². The third kappa shape index (κ3) is 2.08. The molecule has 0 aromatic carbocycles. The van der Waals surface area contributed by atoms with Gasteiger partial charge in [-0.1, -0.05) is 6.42 Å². The molecule has 1 fully saturated rings. The molecule has 60 valence electrons. The predicted molar refractivity (Wildman–Crippen MR) is 45.0 cm³/mol. The van der Waals surface area contributed by atoms with E-state index >= 15 is 0 Å². The van der Waals surface area contributed by atoms with E-state index in [9.17, 15) is 4.79 Å². The lowest BCUT2D eigenvalue weighted by Crippen LogP contribution is -2.08. The summed E-state index contributed by atoms with van der Waals surface area (Å²) in [6, 6.07) is 0. The average Bonchev–Trinajstić information content (AvgIpc) is 2.47. The van der Waals surface area contributed by atoms with E-state index in [1.807, 2.05) is 0 Å². The minimum atomic E-state index is 0.309. The molecule has 11 heavy (non-hydrogen) atoms. The predicted octanol–water partition coefficient (Wildman–Crippen LogP) is 2.01. The molecule has 0 saturated heterocycles. The van der Waals surface area contributed by atoms with Crippen molar-refractivity contribution in [3.8, 4) is 12.3 Å². The van der Waals surface area contributed by atoms with Crippen molar-refractivity contribution in [3.05, 3.63) is 0 Å². The zero-order chi connectivity index (χ0) is 8.10. The van der Waals surface area contributed by atoms with Crippen molar-refractivity contribution >= 4 is 6.29 Å².